The molecule has 2 atom stereocenters. The molecule has 1 unspecified atom stereocenters. The number of carbonyl (C=O) groups excluding carboxylic acids is 1. The summed E-state index contributed by atoms with van der Waals surface area (Å²) in [4.78, 5) is 38.5. The minimum Gasteiger partial charge on any atom is -0.480 e. The number of piperidine rings is 1. The van der Waals surface area contributed by atoms with Gasteiger partial charge in [0.1, 0.15) is 17.1 Å². The van der Waals surface area contributed by atoms with Gasteiger partial charge in [-0.25, -0.2) is 18.4 Å². The lowest BCUT2D eigenvalue weighted by Gasteiger charge is -2.38. The molecule has 12 nitrogen and oxygen atoms in total. The molecule has 4 rings (SSSR count). The Hall–Kier alpha value is -4.10. The summed E-state index contributed by atoms with van der Waals surface area (Å²) in [6.07, 6.45) is 8.86. The molecule has 1 saturated heterocycles. The van der Waals surface area contributed by atoms with Crippen molar-refractivity contribution in [2.45, 2.75) is 36.4 Å². The van der Waals surface area contributed by atoms with Crippen LogP contribution in [0.15, 0.2) is 72.1 Å². The van der Waals surface area contributed by atoms with E-state index in [1.807, 2.05) is 12.1 Å². The number of nitrogens with one attached hydrogen (secondary N) is 3. The van der Waals surface area contributed by atoms with E-state index in [1.165, 1.54) is 18.3 Å². The second kappa shape index (κ2) is 11.8. The van der Waals surface area contributed by atoms with Crippen molar-refractivity contribution in [3.63, 3.8) is 0 Å². The van der Waals surface area contributed by atoms with Crippen molar-refractivity contribution in [2.75, 3.05) is 23.3 Å². The zero-order chi connectivity index (χ0) is 26.3. The second-order valence-electron chi connectivity index (χ2n) is 8.38. The van der Waals surface area contributed by atoms with Crippen molar-refractivity contribution >= 4 is 33.5 Å². The monoisotopic (exact) mass is 525 g/mol. The summed E-state index contributed by atoms with van der Waals surface area (Å²) in [5.41, 5.74) is 1.23. The highest BCUT2D eigenvalue weighted by Gasteiger charge is 2.27. The molecule has 194 valence electrons. The van der Waals surface area contributed by atoms with E-state index in [4.69, 9.17) is 0 Å². The quantitative estimate of drug-likeness (QED) is 0.304. The summed E-state index contributed by atoms with van der Waals surface area (Å²) >= 11 is 0. The minimum absolute atomic E-state index is 0.00000995. The van der Waals surface area contributed by atoms with Gasteiger partial charge in [-0.2, -0.15) is 4.72 Å². The number of anilines is 2. The predicted octanol–water partition coefficient (Wildman–Crippen LogP) is 1.46. The van der Waals surface area contributed by atoms with Crippen molar-refractivity contribution in [3.05, 3.63) is 72.8 Å². The Balaban J connectivity index is 1.38. The van der Waals surface area contributed by atoms with E-state index in [-0.39, 0.29) is 11.1 Å². The third kappa shape index (κ3) is 6.77. The van der Waals surface area contributed by atoms with Gasteiger partial charge in [0, 0.05) is 49.1 Å². The standard InChI is InChI=1S/C24H27N7O5S/c32-22(28-16-20(23(33)34)30-37(35,36)19-5-3-11-25-15-19)17-7-9-18(10-8-17)31-14-2-1-6-21(31)29-24-26-12-4-13-27-24/h3-5,7-13,15,20-21,30H,1-2,6,14,16H2,(H,28,32)(H,33,34)(H,26,27,29)/t20-,21?/m0/s1. The van der Waals surface area contributed by atoms with Crippen LogP contribution in [0, 0.1) is 0 Å². The first-order valence-electron chi connectivity index (χ1n) is 11.7. The summed E-state index contributed by atoms with van der Waals surface area (Å²) in [5.74, 6) is -1.40. The van der Waals surface area contributed by atoms with Crippen molar-refractivity contribution in [2.24, 2.45) is 0 Å². The number of hydrogen-bond acceptors (Lipinski definition) is 9. The first-order chi connectivity index (χ1) is 17.8. The number of carboxylic acids is 1. The highest BCUT2D eigenvalue weighted by Crippen LogP contribution is 2.25. The van der Waals surface area contributed by atoms with Gasteiger partial charge in [-0.05, 0) is 61.7 Å². The van der Waals surface area contributed by atoms with E-state index < -0.39 is 34.5 Å². The van der Waals surface area contributed by atoms with Crippen molar-refractivity contribution in [3.8, 4) is 0 Å². The molecule has 1 amide bonds. The summed E-state index contributed by atoms with van der Waals surface area (Å²) in [6.45, 7) is 0.387. The molecule has 1 aromatic carbocycles. The Bertz CT molecular complexity index is 1310. The van der Waals surface area contributed by atoms with Gasteiger partial charge in [-0.15, -0.1) is 0 Å². The first-order valence-corrected chi connectivity index (χ1v) is 13.2. The number of carboxylic acid groups (broad SMARTS) is 1. The summed E-state index contributed by atoms with van der Waals surface area (Å²) < 4.78 is 27.0. The van der Waals surface area contributed by atoms with E-state index >= 15 is 0 Å². The molecule has 4 N–H and O–H groups in total. The van der Waals surface area contributed by atoms with Crippen LogP contribution < -0.4 is 20.3 Å². The van der Waals surface area contributed by atoms with Gasteiger partial charge in [0.15, 0.2) is 0 Å². The zero-order valence-electron chi connectivity index (χ0n) is 19.8. The Morgan fingerprint density at radius 2 is 1.81 bits per heavy atom. The topological polar surface area (TPSA) is 167 Å². The molecule has 13 heteroatoms. The smallest absolute Gasteiger partial charge is 0.323 e. The number of benzene rings is 1. The Kier molecular flexibility index (Phi) is 8.25. The molecule has 1 fully saturated rings. The van der Waals surface area contributed by atoms with Crippen LogP contribution in [0.25, 0.3) is 0 Å². The molecule has 0 bridgehead atoms. The second-order valence-corrected chi connectivity index (χ2v) is 10.1. The number of rotatable bonds is 10. The molecule has 1 aliphatic heterocycles. The van der Waals surface area contributed by atoms with Crippen LogP contribution in [0.1, 0.15) is 29.6 Å². The fourth-order valence-electron chi connectivity index (χ4n) is 3.96. The first kappa shape index (κ1) is 26.0. The number of pyridine rings is 1. The molecule has 0 radical (unpaired) electrons. The maximum absolute atomic E-state index is 12.7. The number of carbonyl (C=O) groups is 2. The molecular formula is C24H27N7O5S. The van der Waals surface area contributed by atoms with Crippen molar-refractivity contribution in [1.29, 1.82) is 0 Å². The number of amides is 1. The van der Waals surface area contributed by atoms with Crippen LogP contribution in [-0.2, 0) is 14.8 Å². The Labute approximate surface area is 214 Å². The lowest BCUT2D eigenvalue weighted by Crippen LogP contribution is -2.48. The largest absolute Gasteiger partial charge is 0.480 e. The third-order valence-electron chi connectivity index (χ3n) is 5.83. The van der Waals surface area contributed by atoms with Gasteiger partial charge in [0.2, 0.25) is 16.0 Å². The number of sulfonamides is 1. The van der Waals surface area contributed by atoms with Gasteiger partial charge >= 0.3 is 5.97 Å². The molecule has 2 aromatic heterocycles. The van der Waals surface area contributed by atoms with Crippen LogP contribution in [-0.4, -0.2) is 65.6 Å². The highest BCUT2D eigenvalue weighted by atomic mass is 32.2. The van der Waals surface area contributed by atoms with Crippen LogP contribution in [0.4, 0.5) is 11.6 Å². The van der Waals surface area contributed by atoms with Gasteiger partial charge in [-0.3, -0.25) is 14.6 Å². The molecule has 0 saturated carbocycles. The van der Waals surface area contributed by atoms with E-state index in [9.17, 15) is 23.1 Å². The number of aliphatic carboxylic acids is 1. The average Bonchev–Trinajstić information content (AvgIpc) is 2.92. The maximum Gasteiger partial charge on any atom is 0.323 e. The lowest BCUT2D eigenvalue weighted by atomic mass is 10.1. The predicted molar refractivity (Wildman–Crippen MR) is 135 cm³/mol. The summed E-state index contributed by atoms with van der Waals surface area (Å²) in [7, 11) is -4.13. The zero-order valence-corrected chi connectivity index (χ0v) is 20.6. The minimum atomic E-state index is -4.13. The van der Waals surface area contributed by atoms with Crippen molar-refractivity contribution in [1.82, 2.24) is 25.0 Å². The maximum atomic E-state index is 12.7. The number of nitrogens with zero attached hydrogens (tertiary/aromatic N) is 4. The van der Waals surface area contributed by atoms with Crippen LogP contribution in [0.5, 0.6) is 0 Å². The van der Waals surface area contributed by atoms with Gasteiger partial charge in [0.05, 0.1) is 0 Å². The van der Waals surface area contributed by atoms with Crippen LogP contribution in [0.3, 0.4) is 0 Å². The normalized spacial score (nSPS) is 16.5. The fourth-order valence-corrected chi connectivity index (χ4v) is 5.11. The fraction of sp³-hybridized carbons (Fsp3) is 0.292. The number of aromatic nitrogens is 3. The molecule has 37 heavy (non-hydrogen) atoms. The Morgan fingerprint density at radius 3 is 2.49 bits per heavy atom. The summed E-state index contributed by atoms with van der Waals surface area (Å²) in [6, 6.07) is 9.84. The molecule has 0 aliphatic carbocycles. The van der Waals surface area contributed by atoms with Gasteiger partial charge in [-0.1, -0.05) is 0 Å². The van der Waals surface area contributed by atoms with Crippen LogP contribution >= 0.6 is 0 Å². The lowest BCUT2D eigenvalue weighted by molar-refractivity contribution is -0.138. The molecule has 3 aromatic rings. The molecule has 1 aliphatic rings. The van der Waals surface area contributed by atoms with Gasteiger partial charge in [0.25, 0.3) is 5.91 Å². The number of hydrogen-bond donors (Lipinski definition) is 4. The Morgan fingerprint density at radius 1 is 1.05 bits per heavy atom. The van der Waals surface area contributed by atoms with E-state index in [0.717, 1.165) is 37.7 Å². The molecular weight excluding hydrogens is 498 g/mol. The van der Waals surface area contributed by atoms with Gasteiger partial charge < -0.3 is 20.6 Å². The van der Waals surface area contributed by atoms with Crippen LogP contribution in [0.2, 0.25) is 0 Å². The summed E-state index contributed by atoms with van der Waals surface area (Å²) in [5, 5.41) is 15.3. The van der Waals surface area contributed by atoms with E-state index in [0.29, 0.717) is 11.5 Å². The van der Waals surface area contributed by atoms with Crippen molar-refractivity contribution < 1.29 is 23.1 Å². The highest BCUT2D eigenvalue weighted by molar-refractivity contribution is 7.89. The molecule has 0 spiro atoms. The SMILES string of the molecule is O=C(NC[C@H](NS(=O)(=O)c1cccnc1)C(=O)O)c1ccc(N2CCCCC2Nc2ncccn2)cc1. The van der Waals surface area contributed by atoms with E-state index in [1.54, 1.807) is 30.6 Å². The average molecular weight is 526 g/mol. The van der Waals surface area contributed by atoms with E-state index in [2.05, 4.69) is 35.2 Å². The third-order valence-corrected chi connectivity index (χ3v) is 7.29. The molecule has 3 heterocycles.